The summed E-state index contributed by atoms with van der Waals surface area (Å²) < 4.78 is 0. The molecule has 0 saturated carbocycles. The highest BCUT2D eigenvalue weighted by Gasteiger charge is 2.31. The first-order valence-corrected chi connectivity index (χ1v) is 12.8. The van der Waals surface area contributed by atoms with Gasteiger partial charge in [-0.15, -0.1) is 0 Å². The zero-order valence-electron chi connectivity index (χ0n) is 22.5. The van der Waals surface area contributed by atoms with E-state index in [9.17, 15) is 65.1 Å². The summed E-state index contributed by atoms with van der Waals surface area (Å²) in [6.07, 6.45) is -15.4. The van der Waals surface area contributed by atoms with Crippen molar-refractivity contribution >= 4 is 23.7 Å². The molecule has 0 rings (SSSR count). The van der Waals surface area contributed by atoms with Crippen molar-refractivity contribution in [2.24, 2.45) is 5.92 Å². The van der Waals surface area contributed by atoms with E-state index in [4.69, 9.17) is 10.2 Å². The van der Waals surface area contributed by atoms with E-state index in [2.05, 4.69) is 16.0 Å². The largest absolute Gasteiger partial charge is 0.480 e. The topological polar surface area (TPSA) is 327 Å². The summed E-state index contributed by atoms with van der Waals surface area (Å²) >= 11 is 0. The van der Waals surface area contributed by atoms with Crippen LogP contribution < -0.4 is 16.0 Å². The number of aliphatic carboxylic acids is 1. The molecule has 14 N–H and O–H groups in total. The molecule has 0 aliphatic carbocycles. The van der Waals surface area contributed by atoms with Gasteiger partial charge in [0, 0.05) is 31.8 Å². The smallest absolute Gasteiger partial charge is 0.326 e. The molecule has 0 bridgehead atoms. The molecule has 0 spiro atoms. The fourth-order valence-electron chi connectivity index (χ4n) is 3.31. The van der Waals surface area contributed by atoms with E-state index < -0.39 is 117 Å². The lowest BCUT2D eigenvalue weighted by Crippen LogP contribution is -2.49. The first kappa shape index (κ1) is 38.5. The first-order valence-electron chi connectivity index (χ1n) is 12.8. The molecule has 0 aromatic carbocycles. The number of hydrogen-bond donors (Lipinski definition) is 14. The van der Waals surface area contributed by atoms with Crippen molar-refractivity contribution in [3.8, 4) is 0 Å². The zero-order valence-corrected chi connectivity index (χ0v) is 22.5. The number of carboxylic acid groups (broad SMARTS) is 1. The molecule has 0 unspecified atom stereocenters. The van der Waals surface area contributed by atoms with Crippen LogP contribution in [0.15, 0.2) is 0 Å². The van der Waals surface area contributed by atoms with Crippen LogP contribution in [0.4, 0.5) is 0 Å². The van der Waals surface area contributed by atoms with E-state index in [0.717, 1.165) is 0 Å². The predicted molar refractivity (Wildman–Crippen MR) is 135 cm³/mol. The third kappa shape index (κ3) is 14.3. The molecule has 18 nitrogen and oxygen atoms in total. The highest BCUT2D eigenvalue weighted by Crippen LogP contribution is 2.09. The van der Waals surface area contributed by atoms with Gasteiger partial charge in [-0.05, 0) is 12.8 Å². The van der Waals surface area contributed by atoms with Crippen LogP contribution in [0.3, 0.4) is 0 Å². The van der Waals surface area contributed by atoms with Crippen LogP contribution in [-0.2, 0) is 19.2 Å². The van der Waals surface area contributed by atoms with Gasteiger partial charge in [0.1, 0.15) is 42.7 Å². The second kappa shape index (κ2) is 19.6. The van der Waals surface area contributed by atoms with E-state index in [1.165, 1.54) is 6.92 Å². The Hall–Kier alpha value is -2.52. The minimum Gasteiger partial charge on any atom is -0.480 e. The second-order valence-electron chi connectivity index (χ2n) is 9.58. The van der Waals surface area contributed by atoms with Gasteiger partial charge in [-0.25, -0.2) is 4.79 Å². The van der Waals surface area contributed by atoms with Gasteiger partial charge in [-0.2, -0.15) is 0 Å². The van der Waals surface area contributed by atoms with E-state index in [0.29, 0.717) is 0 Å². The zero-order chi connectivity index (χ0) is 31.9. The van der Waals surface area contributed by atoms with Crippen LogP contribution in [0.1, 0.15) is 32.6 Å². The Morgan fingerprint density at radius 1 is 0.610 bits per heavy atom. The summed E-state index contributed by atoms with van der Waals surface area (Å²) in [4.78, 5) is 47.9. The van der Waals surface area contributed by atoms with Gasteiger partial charge in [-0.3, -0.25) is 14.4 Å². The molecule has 0 saturated heterocycles. The summed E-state index contributed by atoms with van der Waals surface area (Å²) in [5, 5.41) is 110. The number of carboxylic acids is 1. The summed E-state index contributed by atoms with van der Waals surface area (Å²) in [5.41, 5.74) is 0. The Kier molecular flexibility index (Phi) is 18.4. The molecule has 0 radical (unpaired) electrons. The highest BCUT2D eigenvalue weighted by molar-refractivity contribution is 5.86. The van der Waals surface area contributed by atoms with E-state index in [1.54, 1.807) is 0 Å². The number of aliphatic hydroxyl groups excluding tert-OH is 10. The third-order valence-corrected chi connectivity index (χ3v) is 6.19. The Morgan fingerprint density at radius 3 is 1.34 bits per heavy atom. The minimum absolute atomic E-state index is 0.0496. The van der Waals surface area contributed by atoms with E-state index >= 15 is 0 Å². The second-order valence-corrected chi connectivity index (χ2v) is 9.58. The maximum absolute atomic E-state index is 12.4. The average molecular weight is 602 g/mol. The Labute approximate surface area is 235 Å². The standard InChI is InChI=1S/C23H43N3O15/c1-10(2-4-16(33)24-6-12(29)18(35)20(37)14(31)8-27)22(39)26-11(23(40)41)3-5-17(34)25-7-13(30)19(36)21(38)15(32)9-28/h10-15,18-21,27-32,35-38H,2-9H2,1H3,(H,24,33)(H,25,34)(H,26,39)(H,40,41)/t10-,11-,12+,13-,14-,15+,18-,19+,20-,21+/m0/s1. The van der Waals surface area contributed by atoms with E-state index in [1.807, 2.05) is 0 Å². The van der Waals surface area contributed by atoms with Gasteiger partial charge in [-0.1, -0.05) is 6.92 Å². The van der Waals surface area contributed by atoms with Gasteiger partial charge < -0.3 is 72.1 Å². The number of carbonyl (C=O) groups is 4. The van der Waals surface area contributed by atoms with Crippen molar-refractivity contribution in [1.82, 2.24) is 16.0 Å². The van der Waals surface area contributed by atoms with Crippen LogP contribution in [0.25, 0.3) is 0 Å². The van der Waals surface area contributed by atoms with Gasteiger partial charge in [0.15, 0.2) is 0 Å². The lowest BCUT2D eigenvalue weighted by Gasteiger charge is -2.25. The van der Waals surface area contributed by atoms with Crippen molar-refractivity contribution in [1.29, 1.82) is 0 Å². The quantitative estimate of drug-likeness (QED) is 0.0581. The normalized spacial score (nSPS) is 18.9. The molecular formula is C23H43N3O15. The molecule has 3 amide bonds. The first-order chi connectivity index (χ1) is 19.1. The summed E-state index contributed by atoms with van der Waals surface area (Å²) in [6, 6.07) is -1.49. The van der Waals surface area contributed by atoms with Crippen LogP contribution in [0.5, 0.6) is 0 Å². The monoisotopic (exact) mass is 601 g/mol. The van der Waals surface area contributed by atoms with Crippen LogP contribution in [0.2, 0.25) is 0 Å². The molecule has 0 heterocycles. The van der Waals surface area contributed by atoms with Crippen molar-refractivity contribution in [2.45, 2.75) is 87.5 Å². The maximum atomic E-state index is 12.4. The van der Waals surface area contributed by atoms with Crippen LogP contribution in [-0.4, -0.2) is 161 Å². The number of carbonyl (C=O) groups excluding carboxylic acids is 3. The van der Waals surface area contributed by atoms with Gasteiger partial charge in [0.05, 0.1) is 25.4 Å². The lowest BCUT2D eigenvalue weighted by molar-refractivity contribution is -0.143. The van der Waals surface area contributed by atoms with Crippen molar-refractivity contribution in [3.05, 3.63) is 0 Å². The molecule has 41 heavy (non-hydrogen) atoms. The van der Waals surface area contributed by atoms with Crippen molar-refractivity contribution < 1.29 is 75.3 Å². The number of hydrogen-bond acceptors (Lipinski definition) is 14. The lowest BCUT2D eigenvalue weighted by atomic mass is 10.0. The average Bonchev–Trinajstić information content (AvgIpc) is 2.96. The Morgan fingerprint density at radius 2 is 0.976 bits per heavy atom. The third-order valence-electron chi connectivity index (χ3n) is 6.19. The van der Waals surface area contributed by atoms with E-state index in [-0.39, 0.29) is 19.3 Å². The molecule has 0 aromatic rings. The maximum Gasteiger partial charge on any atom is 0.326 e. The van der Waals surface area contributed by atoms with Crippen molar-refractivity contribution in [2.75, 3.05) is 26.3 Å². The SMILES string of the molecule is C[C@@H](CCC(=O)NC[C@@H](O)[C@H](O)[C@@H](O)[C@@H](O)CO)C(=O)N[C@@H](CCC(=O)NC[C@H](O)[C@@H](O)[C@H](O)[C@H](O)CO)C(=O)O. The van der Waals surface area contributed by atoms with Gasteiger partial charge in [0.2, 0.25) is 17.7 Å². The molecule has 0 fully saturated rings. The highest BCUT2D eigenvalue weighted by atomic mass is 16.4. The minimum atomic E-state index is -1.90. The fraction of sp³-hybridized carbons (Fsp3) is 0.826. The molecule has 0 aromatic heterocycles. The predicted octanol–water partition coefficient (Wildman–Crippen LogP) is -7.14. The summed E-state index contributed by atoms with van der Waals surface area (Å²) in [6.45, 7) is -1.42. The molecule has 18 heteroatoms. The molecule has 0 aliphatic rings. The summed E-state index contributed by atoms with van der Waals surface area (Å²) in [5.74, 6) is -4.45. The number of amides is 3. The number of rotatable bonds is 21. The summed E-state index contributed by atoms with van der Waals surface area (Å²) in [7, 11) is 0. The Bertz CT molecular complexity index is 819. The number of nitrogens with one attached hydrogen (secondary N) is 3. The van der Waals surface area contributed by atoms with Gasteiger partial charge >= 0.3 is 5.97 Å². The number of aliphatic hydroxyl groups is 10. The molecular weight excluding hydrogens is 558 g/mol. The molecule has 0 aliphatic heterocycles. The molecule has 10 atom stereocenters. The van der Waals surface area contributed by atoms with Crippen LogP contribution >= 0.6 is 0 Å². The van der Waals surface area contributed by atoms with Gasteiger partial charge in [0.25, 0.3) is 0 Å². The Balaban J connectivity index is 4.59. The van der Waals surface area contributed by atoms with Crippen molar-refractivity contribution in [3.63, 3.8) is 0 Å². The fourth-order valence-corrected chi connectivity index (χ4v) is 3.31. The molecule has 240 valence electrons. The van der Waals surface area contributed by atoms with Crippen LogP contribution in [0, 0.1) is 5.92 Å².